The number of hydrogen-bond donors (Lipinski definition) is 1. The van der Waals surface area contributed by atoms with Crippen molar-refractivity contribution in [3.8, 4) is 6.07 Å². The van der Waals surface area contributed by atoms with Gasteiger partial charge in [0, 0.05) is 17.5 Å². The number of furan rings is 1. The van der Waals surface area contributed by atoms with Crippen LogP contribution >= 0.6 is 11.8 Å². The number of primary amides is 1. The zero-order valence-corrected chi connectivity index (χ0v) is 12.3. The van der Waals surface area contributed by atoms with Gasteiger partial charge in [-0.3, -0.25) is 4.79 Å². The van der Waals surface area contributed by atoms with Gasteiger partial charge in [-0.15, -0.1) is 0 Å². The third kappa shape index (κ3) is 3.94. The monoisotopic (exact) mass is 300 g/mol. The maximum absolute atomic E-state index is 11.0. The first-order chi connectivity index (χ1) is 9.97. The van der Waals surface area contributed by atoms with Crippen LogP contribution in [0.2, 0.25) is 0 Å². The summed E-state index contributed by atoms with van der Waals surface area (Å²) < 4.78 is 5.50. The molecule has 2 aromatic rings. The van der Waals surface area contributed by atoms with E-state index in [1.165, 1.54) is 17.8 Å². The average Bonchev–Trinajstić information content (AvgIpc) is 2.81. The number of aromatic nitrogens is 2. The molecule has 0 fully saturated rings. The molecule has 0 aliphatic heterocycles. The SMILES string of the molecule is Cc1cc(C)nc(Sc2ccc(/C=C(\C#N)C(N)=O)o2)n1. The quantitative estimate of drug-likeness (QED) is 0.527. The summed E-state index contributed by atoms with van der Waals surface area (Å²) in [7, 11) is 0. The van der Waals surface area contributed by atoms with Gasteiger partial charge < -0.3 is 10.2 Å². The number of hydrogen-bond acceptors (Lipinski definition) is 6. The summed E-state index contributed by atoms with van der Waals surface area (Å²) >= 11 is 1.26. The molecule has 6 nitrogen and oxygen atoms in total. The van der Waals surface area contributed by atoms with Gasteiger partial charge in [0.1, 0.15) is 17.4 Å². The molecule has 7 heteroatoms. The van der Waals surface area contributed by atoms with E-state index in [1.807, 2.05) is 19.9 Å². The van der Waals surface area contributed by atoms with Crippen LogP contribution in [0.25, 0.3) is 6.08 Å². The molecule has 2 N–H and O–H groups in total. The minimum absolute atomic E-state index is 0.163. The number of amides is 1. The second-order valence-corrected chi connectivity index (χ2v) is 5.20. The van der Waals surface area contributed by atoms with E-state index >= 15 is 0 Å². The highest BCUT2D eigenvalue weighted by Crippen LogP contribution is 2.27. The molecule has 0 saturated carbocycles. The maximum Gasteiger partial charge on any atom is 0.259 e. The Hall–Kier alpha value is -2.59. The third-order valence-corrected chi connectivity index (χ3v) is 3.21. The van der Waals surface area contributed by atoms with Gasteiger partial charge >= 0.3 is 0 Å². The highest BCUT2D eigenvalue weighted by Gasteiger charge is 2.09. The van der Waals surface area contributed by atoms with Crippen molar-refractivity contribution in [2.24, 2.45) is 5.73 Å². The summed E-state index contributed by atoms with van der Waals surface area (Å²) in [5, 5.41) is 9.91. The number of carbonyl (C=O) groups is 1. The minimum Gasteiger partial charge on any atom is -0.450 e. The lowest BCUT2D eigenvalue weighted by Crippen LogP contribution is -2.12. The van der Waals surface area contributed by atoms with E-state index in [2.05, 4.69) is 9.97 Å². The third-order valence-electron chi connectivity index (χ3n) is 2.43. The van der Waals surface area contributed by atoms with Crippen molar-refractivity contribution in [1.29, 1.82) is 5.26 Å². The molecule has 0 radical (unpaired) electrons. The van der Waals surface area contributed by atoms with Crippen molar-refractivity contribution in [1.82, 2.24) is 9.97 Å². The van der Waals surface area contributed by atoms with Crippen molar-refractivity contribution in [3.05, 3.63) is 40.9 Å². The van der Waals surface area contributed by atoms with Crippen LogP contribution in [0.15, 0.2) is 38.4 Å². The molecule has 2 aromatic heterocycles. The van der Waals surface area contributed by atoms with Crippen LogP contribution in [0.4, 0.5) is 0 Å². The molecule has 0 atom stereocenters. The molecule has 0 aromatic carbocycles. The van der Waals surface area contributed by atoms with Crippen LogP contribution < -0.4 is 5.73 Å². The Balaban J connectivity index is 2.21. The van der Waals surface area contributed by atoms with Gasteiger partial charge in [-0.25, -0.2) is 9.97 Å². The van der Waals surface area contributed by atoms with E-state index in [0.29, 0.717) is 16.0 Å². The smallest absolute Gasteiger partial charge is 0.259 e. The summed E-state index contributed by atoms with van der Waals surface area (Å²) in [5.74, 6) is -0.419. The van der Waals surface area contributed by atoms with Crippen LogP contribution in [-0.4, -0.2) is 15.9 Å². The van der Waals surface area contributed by atoms with Gasteiger partial charge in [0.2, 0.25) is 0 Å². The molecule has 0 saturated heterocycles. The molecule has 21 heavy (non-hydrogen) atoms. The predicted octanol–water partition coefficient (Wildman–Crippen LogP) is 2.23. The van der Waals surface area contributed by atoms with E-state index in [0.717, 1.165) is 11.4 Å². The molecule has 0 bridgehead atoms. The molecule has 1 amide bonds. The Bertz CT molecular complexity index is 738. The van der Waals surface area contributed by atoms with Gasteiger partial charge in [0.15, 0.2) is 10.2 Å². The zero-order valence-electron chi connectivity index (χ0n) is 11.5. The first-order valence-corrected chi connectivity index (χ1v) is 6.81. The fraction of sp³-hybridized carbons (Fsp3) is 0.143. The average molecular weight is 300 g/mol. The Labute approximate surface area is 125 Å². The molecule has 106 valence electrons. The lowest BCUT2D eigenvalue weighted by atomic mass is 10.2. The summed E-state index contributed by atoms with van der Waals surface area (Å²) in [6.07, 6.45) is 1.30. The van der Waals surface area contributed by atoms with Crippen LogP contribution in [-0.2, 0) is 4.79 Å². The van der Waals surface area contributed by atoms with E-state index in [1.54, 1.807) is 18.2 Å². The van der Waals surface area contributed by atoms with E-state index in [-0.39, 0.29) is 5.57 Å². The predicted molar refractivity (Wildman–Crippen MR) is 77.1 cm³/mol. The summed E-state index contributed by atoms with van der Waals surface area (Å²) in [4.78, 5) is 19.6. The van der Waals surface area contributed by atoms with E-state index < -0.39 is 5.91 Å². The Morgan fingerprint density at radius 1 is 1.38 bits per heavy atom. The molecular formula is C14H12N4O2S. The largest absolute Gasteiger partial charge is 0.450 e. The van der Waals surface area contributed by atoms with E-state index in [9.17, 15) is 4.79 Å². The summed E-state index contributed by atoms with van der Waals surface area (Å²) in [5.41, 5.74) is 6.64. The van der Waals surface area contributed by atoms with Gasteiger partial charge in [0.25, 0.3) is 5.91 Å². The van der Waals surface area contributed by atoms with Crippen molar-refractivity contribution >= 4 is 23.7 Å². The fourth-order valence-corrected chi connectivity index (χ4v) is 2.43. The zero-order chi connectivity index (χ0) is 15.4. The second kappa shape index (κ2) is 6.24. The first kappa shape index (κ1) is 14.8. The lowest BCUT2D eigenvalue weighted by Gasteiger charge is -2.00. The molecule has 0 aliphatic rings. The molecule has 0 spiro atoms. The second-order valence-electron chi connectivity index (χ2n) is 4.23. The standard InChI is InChI=1S/C14H12N4O2S/c1-8-5-9(2)18-14(17-8)21-12-4-3-11(20-12)6-10(7-15)13(16)19/h3-6H,1-2H3,(H2,16,19)/b10-6+. The summed E-state index contributed by atoms with van der Waals surface area (Å²) in [6, 6.07) is 6.96. The molecular weight excluding hydrogens is 288 g/mol. The molecule has 2 heterocycles. The Kier molecular flexibility index (Phi) is 4.40. The molecule has 0 unspecified atom stereocenters. The van der Waals surface area contributed by atoms with E-state index in [4.69, 9.17) is 15.4 Å². The Morgan fingerprint density at radius 2 is 2.05 bits per heavy atom. The highest BCUT2D eigenvalue weighted by molar-refractivity contribution is 7.99. The van der Waals surface area contributed by atoms with Gasteiger partial charge in [-0.2, -0.15) is 5.26 Å². The highest BCUT2D eigenvalue weighted by atomic mass is 32.2. The topological polar surface area (TPSA) is 106 Å². The van der Waals surface area contributed by atoms with Gasteiger partial charge in [0.05, 0.1) is 0 Å². The first-order valence-electron chi connectivity index (χ1n) is 5.99. The number of rotatable bonds is 4. The summed E-state index contributed by atoms with van der Waals surface area (Å²) in [6.45, 7) is 3.78. The van der Waals surface area contributed by atoms with Crippen LogP contribution in [0.3, 0.4) is 0 Å². The number of nitriles is 1. The van der Waals surface area contributed by atoms with Crippen molar-refractivity contribution in [2.45, 2.75) is 24.1 Å². The van der Waals surface area contributed by atoms with Crippen molar-refractivity contribution < 1.29 is 9.21 Å². The number of nitrogens with zero attached hydrogens (tertiary/aromatic N) is 3. The van der Waals surface area contributed by atoms with Gasteiger partial charge in [-0.1, -0.05) is 0 Å². The van der Waals surface area contributed by atoms with Crippen LogP contribution in [0.5, 0.6) is 0 Å². The van der Waals surface area contributed by atoms with Gasteiger partial charge in [-0.05, 0) is 43.8 Å². The number of nitrogens with two attached hydrogens (primary N) is 1. The lowest BCUT2D eigenvalue weighted by molar-refractivity contribution is -0.114. The normalized spacial score (nSPS) is 11.2. The van der Waals surface area contributed by atoms with Crippen LogP contribution in [0.1, 0.15) is 17.1 Å². The minimum atomic E-state index is -0.791. The van der Waals surface area contributed by atoms with Crippen molar-refractivity contribution in [3.63, 3.8) is 0 Å². The number of aryl methyl sites for hydroxylation is 2. The van der Waals surface area contributed by atoms with Crippen LogP contribution in [0, 0.1) is 25.2 Å². The maximum atomic E-state index is 11.0. The van der Waals surface area contributed by atoms with Crippen molar-refractivity contribution in [2.75, 3.05) is 0 Å². The molecule has 0 aliphatic carbocycles. The fourth-order valence-electron chi connectivity index (χ4n) is 1.60. The molecule has 2 rings (SSSR count). The number of carbonyl (C=O) groups excluding carboxylic acids is 1. The Morgan fingerprint density at radius 3 is 2.62 bits per heavy atom.